The number of aryl methyl sites for hydroxylation is 1. The van der Waals surface area contributed by atoms with Crippen LogP contribution in [0.2, 0.25) is 0 Å². The van der Waals surface area contributed by atoms with Crippen molar-refractivity contribution in [2.75, 3.05) is 0 Å². The van der Waals surface area contributed by atoms with Gasteiger partial charge in [0.25, 0.3) is 0 Å². The maximum atomic E-state index is 13.3. The lowest BCUT2D eigenvalue weighted by molar-refractivity contribution is 0.611. The third-order valence-electron chi connectivity index (χ3n) is 2.64. The minimum atomic E-state index is -0.145. The summed E-state index contributed by atoms with van der Waals surface area (Å²) in [5.74, 6) is -0.145. The average molecular weight is 230 g/mol. The smallest absolute Gasteiger partial charge is 0.126 e. The second kappa shape index (κ2) is 5.55. The van der Waals surface area contributed by atoms with E-state index in [1.54, 1.807) is 31.5 Å². The molecule has 17 heavy (non-hydrogen) atoms. The van der Waals surface area contributed by atoms with Crippen LogP contribution in [0, 0.1) is 12.7 Å². The maximum absolute atomic E-state index is 13.3. The van der Waals surface area contributed by atoms with Gasteiger partial charge < -0.3 is 5.32 Å². The van der Waals surface area contributed by atoms with Gasteiger partial charge in [0.05, 0.1) is 0 Å². The molecule has 0 unspecified atom stereocenters. The number of hydrogen-bond donors (Lipinski definition) is 1. The third-order valence-corrected chi connectivity index (χ3v) is 2.64. The molecule has 0 aliphatic heterocycles. The summed E-state index contributed by atoms with van der Waals surface area (Å²) in [6, 6.07) is 9.25. The molecule has 0 bridgehead atoms. The monoisotopic (exact) mass is 230 g/mol. The number of nitrogens with zero attached hydrogens (tertiary/aromatic N) is 1. The van der Waals surface area contributed by atoms with E-state index < -0.39 is 0 Å². The Balaban J connectivity index is 1.88. The van der Waals surface area contributed by atoms with Gasteiger partial charge in [-0.25, -0.2) is 4.39 Å². The molecule has 0 saturated heterocycles. The largest absolute Gasteiger partial charge is 0.309 e. The predicted octanol–water partition coefficient (Wildman–Crippen LogP) is 2.82. The van der Waals surface area contributed by atoms with Crippen LogP contribution in [0.15, 0.2) is 42.7 Å². The molecular formula is C14H15FN2. The van der Waals surface area contributed by atoms with Crippen molar-refractivity contribution in [3.05, 3.63) is 65.2 Å². The van der Waals surface area contributed by atoms with Gasteiger partial charge in [0.15, 0.2) is 0 Å². The van der Waals surface area contributed by atoms with Gasteiger partial charge in [0.2, 0.25) is 0 Å². The van der Waals surface area contributed by atoms with Gasteiger partial charge in [-0.15, -0.1) is 0 Å². The second-order valence-electron chi connectivity index (χ2n) is 4.04. The Kier molecular flexibility index (Phi) is 3.83. The zero-order chi connectivity index (χ0) is 12.1. The van der Waals surface area contributed by atoms with Gasteiger partial charge in [-0.05, 0) is 41.8 Å². The van der Waals surface area contributed by atoms with Crippen molar-refractivity contribution in [2.24, 2.45) is 0 Å². The molecule has 0 aliphatic carbocycles. The first-order valence-electron chi connectivity index (χ1n) is 5.60. The molecule has 1 aromatic heterocycles. The highest BCUT2D eigenvalue weighted by Crippen LogP contribution is 2.09. The summed E-state index contributed by atoms with van der Waals surface area (Å²) in [5, 5.41) is 3.27. The quantitative estimate of drug-likeness (QED) is 0.873. The van der Waals surface area contributed by atoms with Crippen molar-refractivity contribution in [2.45, 2.75) is 20.0 Å². The van der Waals surface area contributed by atoms with E-state index in [1.165, 1.54) is 5.56 Å². The highest BCUT2D eigenvalue weighted by molar-refractivity contribution is 5.23. The Morgan fingerprint density at radius 3 is 2.47 bits per heavy atom. The summed E-state index contributed by atoms with van der Waals surface area (Å²) in [6.45, 7) is 3.20. The van der Waals surface area contributed by atoms with Crippen molar-refractivity contribution in [1.82, 2.24) is 10.3 Å². The Morgan fingerprint density at radius 2 is 1.76 bits per heavy atom. The summed E-state index contributed by atoms with van der Waals surface area (Å²) in [6.07, 6.45) is 3.53. The van der Waals surface area contributed by atoms with Gasteiger partial charge in [-0.3, -0.25) is 4.98 Å². The minimum Gasteiger partial charge on any atom is -0.309 e. The van der Waals surface area contributed by atoms with E-state index in [1.807, 2.05) is 18.2 Å². The van der Waals surface area contributed by atoms with E-state index in [0.29, 0.717) is 12.1 Å². The Morgan fingerprint density at radius 1 is 1.06 bits per heavy atom. The van der Waals surface area contributed by atoms with Crippen LogP contribution in [0.25, 0.3) is 0 Å². The van der Waals surface area contributed by atoms with Crippen LogP contribution < -0.4 is 5.32 Å². The Hall–Kier alpha value is -1.74. The van der Waals surface area contributed by atoms with Crippen molar-refractivity contribution < 1.29 is 4.39 Å². The molecule has 1 heterocycles. The molecule has 2 aromatic rings. The predicted molar refractivity (Wildman–Crippen MR) is 65.9 cm³/mol. The van der Waals surface area contributed by atoms with E-state index in [-0.39, 0.29) is 5.82 Å². The van der Waals surface area contributed by atoms with E-state index >= 15 is 0 Å². The first kappa shape index (κ1) is 11.7. The van der Waals surface area contributed by atoms with Crippen LogP contribution in [0.4, 0.5) is 4.39 Å². The first-order valence-corrected chi connectivity index (χ1v) is 5.60. The zero-order valence-corrected chi connectivity index (χ0v) is 9.78. The number of rotatable bonds is 4. The van der Waals surface area contributed by atoms with Crippen LogP contribution in [-0.4, -0.2) is 4.98 Å². The molecule has 3 heteroatoms. The Bertz CT molecular complexity index is 483. The van der Waals surface area contributed by atoms with Crippen LogP contribution >= 0.6 is 0 Å². The zero-order valence-electron chi connectivity index (χ0n) is 9.78. The van der Waals surface area contributed by atoms with Crippen molar-refractivity contribution >= 4 is 0 Å². The van der Waals surface area contributed by atoms with Gasteiger partial charge in [0.1, 0.15) is 5.82 Å². The molecule has 0 aliphatic rings. The molecule has 0 saturated carbocycles. The molecule has 2 nitrogen and oxygen atoms in total. The number of halogens is 1. The second-order valence-corrected chi connectivity index (χ2v) is 4.04. The van der Waals surface area contributed by atoms with Gasteiger partial charge in [-0.2, -0.15) is 0 Å². The highest BCUT2D eigenvalue weighted by atomic mass is 19.1. The standard InChI is InChI=1S/C14H15FN2/c1-11-2-3-13(8-14(11)15)10-17-9-12-4-6-16-7-5-12/h2-8,17H,9-10H2,1H3. The Labute approximate surface area is 101 Å². The molecule has 1 N–H and O–H groups in total. The minimum absolute atomic E-state index is 0.145. The number of hydrogen-bond acceptors (Lipinski definition) is 2. The normalized spacial score (nSPS) is 10.5. The summed E-state index contributed by atoms with van der Waals surface area (Å²) < 4.78 is 13.3. The molecule has 88 valence electrons. The molecule has 0 atom stereocenters. The molecule has 1 aromatic carbocycles. The van der Waals surface area contributed by atoms with E-state index in [9.17, 15) is 4.39 Å². The van der Waals surface area contributed by atoms with E-state index in [4.69, 9.17) is 0 Å². The maximum Gasteiger partial charge on any atom is 0.126 e. The number of benzene rings is 1. The van der Waals surface area contributed by atoms with Crippen LogP contribution in [0.3, 0.4) is 0 Å². The van der Waals surface area contributed by atoms with Crippen molar-refractivity contribution in [1.29, 1.82) is 0 Å². The summed E-state index contributed by atoms with van der Waals surface area (Å²) in [4.78, 5) is 3.96. The number of nitrogens with one attached hydrogen (secondary N) is 1. The summed E-state index contributed by atoms with van der Waals surface area (Å²) in [5.41, 5.74) is 2.82. The van der Waals surface area contributed by atoms with Gasteiger partial charge in [-0.1, -0.05) is 12.1 Å². The molecular weight excluding hydrogens is 215 g/mol. The SMILES string of the molecule is Cc1ccc(CNCc2ccncc2)cc1F. The summed E-state index contributed by atoms with van der Waals surface area (Å²) >= 11 is 0. The molecule has 0 amide bonds. The summed E-state index contributed by atoms with van der Waals surface area (Å²) in [7, 11) is 0. The van der Waals surface area contributed by atoms with Crippen molar-refractivity contribution in [3.8, 4) is 0 Å². The lowest BCUT2D eigenvalue weighted by Crippen LogP contribution is -2.12. The highest BCUT2D eigenvalue weighted by Gasteiger charge is 1.99. The lowest BCUT2D eigenvalue weighted by Gasteiger charge is -2.06. The van der Waals surface area contributed by atoms with E-state index in [2.05, 4.69) is 10.3 Å². The van der Waals surface area contributed by atoms with Gasteiger partial charge in [0, 0.05) is 25.5 Å². The lowest BCUT2D eigenvalue weighted by atomic mass is 10.1. The van der Waals surface area contributed by atoms with Crippen LogP contribution in [0.5, 0.6) is 0 Å². The van der Waals surface area contributed by atoms with Crippen molar-refractivity contribution in [3.63, 3.8) is 0 Å². The third kappa shape index (κ3) is 3.36. The first-order chi connectivity index (χ1) is 8.25. The van der Waals surface area contributed by atoms with Gasteiger partial charge >= 0.3 is 0 Å². The fourth-order valence-electron chi connectivity index (χ4n) is 1.60. The average Bonchev–Trinajstić information content (AvgIpc) is 2.35. The molecule has 0 radical (unpaired) electrons. The fraction of sp³-hybridized carbons (Fsp3) is 0.214. The molecule has 0 fully saturated rings. The topological polar surface area (TPSA) is 24.9 Å². The molecule has 2 rings (SSSR count). The van der Waals surface area contributed by atoms with Crippen LogP contribution in [0.1, 0.15) is 16.7 Å². The van der Waals surface area contributed by atoms with Crippen LogP contribution in [-0.2, 0) is 13.1 Å². The molecule has 0 spiro atoms. The van der Waals surface area contributed by atoms with E-state index in [0.717, 1.165) is 12.1 Å². The number of pyridine rings is 1. The fourth-order valence-corrected chi connectivity index (χ4v) is 1.60. The number of aromatic nitrogens is 1.